The number of thiocarbonyl (C=S) groups is 1. The molecule has 5 aliphatic carbocycles. The smallest absolute Gasteiger partial charge is 0.868 e. The van der Waals surface area contributed by atoms with Gasteiger partial charge in [-0.1, -0.05) is 73.5 Å². The van der Waals surface area contributed by atoms with Crippen LogP contribution in [0.25, 0.3) is 0 Å². The fourth-order valence-electron chi connectivity index (χ4n) is 10.4. The number of halogens is 2. The zero-order chi connectivity index (χ0) is 55.7. The molecule has 1 aromatic rings. The van der Waals surface area contributed by atoms with E-state index in [4.69, 9.17) is 64.4 Å². The molecule has 4 aliphatic heterocycles. The predicted octanol–water partition coefficient (Wildman–Crippen LogP) is 7.64. The van der Waals surface area contributed by atoms with Crippen molar-refractivity contribution in [3.8, 4) is 0 Å². The molecule has 0 amide bonds. The van der Waals surface area contributed by atoms with E-state index in [-0.39, 0.29) is 108 Å². The van der Waals surface area contributed by atoms with Gasteiger partial charge in [-0.05, 0) is 96.6 Å². The van der Waals surface area contributed by atoms with E-state index in [9.17, 15) is 31.5 Å². The summed E-state index contributed by atoms with van der Waals surface area (Å²) in [5, 5.41) is 18.0. The number of aryl methyl sites for hydroxylation is 1. The van der Waals surface area contributed by atoms with E-state index < -0.39 is 30.0 Å². The third-order valence-corrected chi connectivity index (χ3v) is 17.8. The molecule has 4 saturated heterocycles. The SMILES string of the molecule is CC(=O)SCC1COC2(CCCCC2)O1.CC([O-])=S.CCC1COC2(CCCCC2)O1.Cc1ccc(S(=O)(=O)Cl)cc1.O=C1CCCCC1.O=S(=O)(Cl)CC1COC2(CCCCC2)O1.OCC1COC2(CCCCC2)O1.[K+]. The molecule has 23 heteroatoms. The number of ketones is 1. The average Bonchev–Trinajstić information content (AvgIpc) is 4.18. The van der Waals surface area contributed by atoms with Crippen molar-refractivity contribution in [2.24, 2.45) is 0 Å². The second kappa shape index (κ2) is 36.4. The second-order valence-corrected chi connectivity index (χ2v) is 28.2. The molecule has 9 fully saturated rings. The van der Waals surface area contributed by atoms with Crippen molar-refractivity contribution in [3.05, 3.63) is 29.8 Å². The summed E-state index contributed by atoms with van der Waals surface area (Å²) in [5.41, 5.74) is 1.01. The third-order valence-electron chi connectivity index (χ3n) is 14.3. The van der Waals surface area contributed by atoms with Crippen LogP contribution in [0.15, 0.2) is 29.2 Å². The first-order chi connectivity index (χ1) is 36.0. The number of thioether (sulfide) groups is 1. The van der Waals surface area contributed by atoms with Gasteiger partial charge in [0, 0.05) is 98.2 Å². The van der Waals surface area contributed by atoms with Crippen LogP contribution in [-0.2, 0) is 65.6 Å². The minimum atomic E-state index is -3.55. The summed E-state index contributed by atoms with van der Waals surface area (Å²) < 4.78 is 89.1. The molecule has 4 spiro atoms. The van der Waals surface area contributed by atoms with E-state index in [0.29, 0.717) is 31.7 Å². The molecule has 16 nitrogen and oxygen atoms in total. The van der Waals surface area contributed by atoms with Crippen LogP contribution in [0.5, 0.6) is 0 Å². The first kappa shape index (κ1) is 71.8. The van der Waals surface area contributed by atoms with Crippen LogP contribution >= 0.6 is 45.3 Å². The Morgan fingerprint density at radius 3 is 1.27 bits per heavy atom. The van der Waals surface area contributed by atoms with E-state index in [0.717, 1.165) is 114 Å². The van der Waals surface area contributed by atoms with E-state index >= 15 is 0 Å². The van der Waals surface area contributed by atoms with Gasteiger partial charge < -0.3 is 48.1 Å². The molecule has 0 bridgehead atoms. The number of hydrogen-bond donors (Lipinski definition) is 1. The van der Waals surface area contributed by atoms with Crippen molar-refractivity contribution in [3.63, 3.8) is 0 Å². The number of rotatable bonds is 7. The van der Waals surface area contributed by atoms with Crippen LogP contribution < -0.4 is 56.5 Å². The minimum absolute atomic E-state index is 0. The van der Waals surface area contributed by atoms with Crippen molar-refractivity contribution in [1.29, 1.82) is 0 Å². The van der Waals surface area contributed by atoms with Gasteiger partial charge in [0.15, 0.2) is 28.3 Å². The second-order valence-electron chi connectivity index (χ2n) is 21.0. The Morgan fingerprint density at radius 1 is 0.623 bits per heavy atom. The minimum Gasteiger partial charge on any atom is -0.868 e. The Labute approximate surface area is 521 Å². The number of aliphatic hydroxyl groups excluding tert-OH is 1. The van der Waals surface area contributed by atoms with Gasteiger partial charge in [0.05, 0.1) is 62.0 Å². The normalized spacial score (nSPS) is 26.5. The summed E-state index contributed by atoms with van der Waals surface area (Å²) in [5.74, 6) is -0.228. The maximum Gasteiger partial charge on any atom is 1.00 e. The van der Waals surface area contributed by atoms with Gasteiger partial charge in [-0.3, -0.25) is 9.59 Å². The van der Waals surface area contributed by atoms with Crippen LogP contribution in [0.1, 0.15) is 193 Å². The van der Waals surface area contributed by atoms with E-state index in [2.05, 4.69) is 19.1 Å². The van der Waals surface area contributed by atoms with Crippen molar-refractivity contribution in [2.45, 2.75) is 247 Å². The van der Waals surface area contributed by atoms with Crippen LogP contribution in [0, 0.1) is 6.92 Å². The molecule has 10 rings (SSSR count). The van der Waals surface area contributed by atoms with E-state index in [1.807, 2.05) is 6.92 Å². The zero-order valence-electron chi connectivity index (χ0n) is 46.4. The Balaban J connectivity index is 0.000000242. The third kappa shape index (κ3) is 28.3. The monoisotopic (exact) mass is 1230 g/mol. The zero-order valence-corrected chi connectivity index (χ0v) is 54.3. The van der Waals surface area contributed by atoms with Crippen molar-refractivity contribution < 1.29 is 126 Å². The summed E-state index contributed by atoms with van der Waals surface area (Å²) in [6, 6.07) is 6.37. The molecule has 438 valence electrons. The summed E-state index contributed by atoms with van der Waals surface area (Å²) in [4.78, 5) is 21.4. The number of hydrogen-bond acceptors (Lipinski definition) is 18. The Hall–Kier alpha value is 0.556. The number of aliphatic hydroxyl groups is 1. The van der Waals surface area contributed by atoms with Gasteiger partial charge >= 0.3 is 51.4 Å². The molecule has 4 atom stereocenters. The quantitative estimate of drug-likeness (QED) is 0.157. The van der Waals surface area contributed by atoms with Gasteiger partial charge in [-0.2, -0.15) is 0 Å². The van der Waals surface area contributed by atoms with Crippen molar-refractivity contribution >= 4 is 79.4 Å². The van der Waals surface area contributed by atoms with Gasteiger partial charge in [0.1, 0.15) is 11.9 Å². The predicted molar refractivity (Wildman–Crippen MR) is 297 cm³/mol. The number of Topliss-reactive ketones (excluding diaryl/α,β-unsaturated/α-hetero) is 1. The van der Waals surface area contributed by atoms with Crippen LogP contribution in [0.4, 0.5) is 0 Å². The maximum absolute atomic E-state index is 10.9. The molecule has 4 unspecified atom stereocenters. The Bertz CT molecular complexity index is 2050. The van der Waals surface area contributed by atoms with Crippen LogP contribution in [0.3, 0.4) is 0 Å². The summed E-state index contributed by atoms with van der Waals surface area (Å²) in [7, 11) is 3.22. The molecule has 9 aliphatic rings. The average molecular weight is 1230 g/mol. The molecule has 0 aromatic heterocycles. The van der Waals surface area contributed by atoms with Gasteiger partial charge in [-0.25, -0.2) is 16.8 Å². The van der Waals surface area contributed by atoms with Gasteiger partial charge in [0.2, 0.25) is 9.05 Å². The topological polar surface area (TPSA) is 220 Å². The number of ether oxygens (including phenoxy) is 8. The van der Waals surface area contributed by atoms with Crippen molar-refractivity contribution in [2.75, 3.05) is 44.5 Å². The Morgan fingerprint density at radius 2 is 0.961 bits per heavy atom. The summed E-state index contributed by atoms with van der Waals surface area (Å²) in [6.45, 7) is 9.44. The van der Waals surface area contributed by atoms with Crippen LogP contribution in [-0.4, -0.2) is 130 Å². The molecular weight excluding hydrogens is 1140 g/mol. The molecule has 1 N–H and O–H groups in total. The first-order valence-corrected chi connectivity index (χ1v) is 33.8. The van der Waals surface area contributed by atoms with Crippen molar-refractivity contribution in [1.82, 2.24) is 0 Å². The van der Waals surface area contributed by atoms with Gasteiger partial charge in [0.25, 0.3) is 9.05 Å². The molecule has 5 saturated carbocycles. The molecular formula is C54H87Cl2KO16S4. The maximum atomic E-state index is 10.9. The molecule has 4 heterocycles. The largest absolute Gasteiger partial charge is 1.00 e. The van der Waals surface area contributed by atoms with Crippen LogP contribution in [0.2, 0.25) is 0 Å². The van der Waals surface area contributed by atoms with Gasteiger partial charge in [-0.15, -0.1) is 12.2 Å². The fraction of sp³-hybridized carbons (Fsp3) is 0.833. The number of benzene rings is 1. The fourth-order valence-corrected chi connectivity index (χ4v) is 12.8. The molecule has 1 aromatic carbocycles. The molecule has 77 heavy (non-hydrogen) atoms. The summed E-state index contributed by atoms with van der Waals surface area (Å²) >= 11 is 5.31. The standard InChI is InChI=1S/C11H18O3S.C10H18O2.C9H15ClO4S.C9H16O3.C7H7ClO2S.C6H10O.C2H4OS.K/c1-9(12)15-8-10-7-13-11(14-10)5-3-2-4-6-11;1-2-9-8-11-10(12-9)6-4-3-5-7-10;10-15(11,12)7-8-6-13-9(14-8)4-2-1-3-5-9;10-6-8-7-11-9(12-8)4-2-1-3-5-9;1-6-2-4-7(5-3-6)11(8,9)10;7-6-4-2-1-3-5-6;1-2(3)4;/h10H,2-8H2,1H3;9H,2-8H2,1H3;8H,1-7H2;8,10H,1-7H2;2-5H,1H3;1-5H2;1H3,(H,3,4);/q;;;;;;;+1/p-1. The number of carbonyl (C=O) groups is 2. The first-order valence-electron chi connectivity index (χ1n) is 27.7. The number of carbonyl (C=O) groups excluding carboxylic acids is 2. The Kier molecular flexibility index (Phi) is 34.0. The summed E-state index contributed by atoms with van der Waals surface area (Å²) in [6.07, 6.45) is 29.0. The van der Waals surface area contributed by atoms with E-state index in [1.54, 1.807) is 19.1 Å². The molecule has 0 radical (unpaired) electrons. The van der Waals surface area contributed by atoms with E-state index in [1.165, 1.54) is 101 Å².